The van der Waals surface area contributed by atoms with Gasteiger partial charge in [0, 0.05) is 53.1 Å². The standard InChI is InChI=1S/C22H39N5O2/c1-19(2)29-17-10-9-14-23-22(25-18-21(28)26(3)4)24-15-11-16-27(5)20-12-7-6-8-13-20/h6-8,12-13,19H,9-11,14-18H2,1-5H3,(H2,23,24,25). The first-order chi connectivity index (χ1) is 13.9. The van der Waals surface area contributed by atoms with Gasteiger partial charge >= 0.3 is 0 Å². The van der Waals surface area contributed by atoms with E-state index in [1.807, 2.05) is 32.0 Å². The molecule has 1 aromatic rings. The average molecular weight is 406 g/mol. The number of guanidine groups is 1. The highest BCUT2D eigenvalue weighted by Crippen LogP contribution is 2.10. The number of nitrogens with one attached hydrogen (secondary N) is 2. The van der Waals surface area contributed by atoms with Gasteiger partial charge in [0.05, 0.1) is 6.10 Å². The van der Waals surface area contributed by atoms with E-state index in [1.165, 1.54) is 5.69 Å². The topological polar surface area (TPSA) is 69.2 Å². The fraction of sp³-hybridized carbons (Fsp3) is 0.636. The Labute approximate surface area is 176 Å². The van der Waals surface area contributed by atoms with Gasteiger partial charge in [0.2, 0.25) is 5.91 Å². The van der Waals surface area contributed by atoms with E-state index in [0.29, 0.717) is 5.96 Å². The third-order valence-corrected chi connectivity index (χ3v) is 4.35. The molecule has 164 valence electrons. The molecule has 1 aromatic carbocycles. The quantitative estimate of drug-likeness (QED) is 0.299. The lowest BCUT2D eigenvalue weighted by atomic mass is 10.3. The highest BCUT2D eigenvalue weighted by molar-refractivity contribution is 5.84. The first-order valence-electron chi connectivity index (χ1n) is 10.5. The second-order valence-corrected chi connectivity index (χ2v) is 7.54. The SMILES string of the molecule is CC(C)OCCCCNC(=NCC(=O)N(C)C)NCCCN(C)c1ccccc1. The molecule has 0 aliphatic heterocycles. The molecule has 0 bridgehead atoms. The summed E-state index contributed by atoms with van der Waals surface area (Å²) < 4.78 is 5.56. The van der Waals surface area contributed by atoms with Gasteiger partial charge in [-0.3, -0.25) is 4.79 Å². The summed E-state index contributed by atoms with van der Waals surface area (Å²) in [4.78, 5) is 20.1. The van der Waals surface area contributed by atoms with Crippen LogP contribution in [0.1, 0.15) is 33.1 Å². The van der Waals surface area contributed by atoms with Crippen molar-refractivity contribution in [2.75, 3.05) is 58.8 Å². The van der Waals surface area contributed by atoms with Crippen molar-refractivity contribution >= 4 is 17.6 Å². The lowest BCUT2D eigenvalue weighted by molar-refractivity contribution is -0.127. The first-order valence-corrected chi connectivity index (χ1v) is 10.5. The van der Waals surface area contributed by atoms with Gasteiger partial charge < -0.3 is 25.2 Å². The van der Waals surface area contributed by atoms with Crippen molar-refractivity contribution in [3.05, 3.63) is 30.3 Å². The number of hydrogen-bond donors (Lipinski definition) is 2. The van der Waals surface area contributed by atoms with E-state index >= 15 is 0 Å². The summed E-state index contributed by atoms with van der Waals surface area (Å²) in [7, 11) is 5.58. The number of rotatable bonds is 13. The summed E-state index contributed by atoms with van der Waals surface area (Å²) in [5.74, 6) is 0.674. The molecule has 1 amide bonds. The van der Waals surface area contributed by atoms with Crippen LogP contribution < -0.4 is 15.5 Å². The van der Waals surface area contributed by atoms with Crippen LogP contribution in [0, 0.1) is 0 Å². The molecule has 0 aliphatic carbocycles. The smallest absolute Gasteiger partial charge is 0.243 e. The maximum atomic E-state index is 11.8. The minimum absolute atomic E-state index is 0.0137. The van der Waals surface area contributed by atoms with E-state index < -0.39 is 0 Å². The molecule has 2 N–H and O–H groups in total. The van der Waals surface area contributed by atoms with Gasteiger partial charge in [-0.2, -0.15) is 0 Å². The second kappa shape index (κ2) is 14.7. The Hall–Kier alpha value is -2.28. The Morgan fingerprint density at radius 1 is 1.03 bits per heavy atom. The molecule has 0 heterocycles. The lowest BCUT2D eigenvalue weighted by Crippen LogP contribution is -2.40. The summed E-state index contributed by atoms with van der Waals surface area (Å²) in [5, 5.41) is 6.66. The second-order valence-electron chi connectivity index (χ2n) is 7.54. The zero-order chi connectivity index (χ0) is 21.5. The predicted molar refractivity (Wildman–Crippen MR) is 122 cm³/mol. The lowest BCUT2D eigenvalue weighted by Gasteiger charge is -2.20. The summed E-state index contributed by atoms with van der Waals surface area (Å²) in [6.07, 6.45) is 3.23. The number of ether oxygens (including phenoxy) is 1. The maximum absolute atomic E-state index is 11.8. The van der Waals surface area contributed by atoms with Crippen LogP contribution in [0.5, 0.6) is 0 Å². The van der Waals surface area contributed by atoms with E-state index in [9.17, 15) is 4.79 Å². The molecule has 7 nitrogen and oxygen atoms in total. The number of nitrogens with zero attached hydrogens (tertiary/aromatic N) is 3. The highest BCUT2D eigenvalue weighted by atomic mass is 16.5. The fourth-order valence-electron chi connectivity index (χ4n) is 2.55. The molecule has 0 fully saturated rings. The minimum Gasteiger partial charge on any atom is -0.379 e. The molecule has 0 saturated heterocycles. The van der Waals surface area contributed by atoms with Crippen LogP contribution in [0.3, 0.4) is 0 Å². The zero-order valence-electron chi connectivity index (χ0n) is 18.8. The molecular weight excluding hydrogens is 366 g/mol. The van der Waals surface area contributed by atoms with Gasteiger partial charge in [-0.15, -0.1) is 0 Å². The van der Waals surface area contributed by atoms with Crippen molar-refractivity contribution in [3.63, 3.8) is 0 Å². The molecule has 0 unspecified atom stereocenters. The van der Waals surface area contributed by atoms with E-state index in [1.54, 1.807) is 19.0 Å². The van der Waals surface area contributed by atoms with Crippen molar-refractivity contribution in [1.82, 2.24) is 15.5 Å². The molecular formula is C22H39N5O2. The first kappa shape index (κ1) is 24.8. The average Bonchev–Trinajstić information content (AvgIpc) is 2.70. The van der Waals surface area contributed by atoms with E-state index in [0.717, 1.165) is 45.5 Å². The van der Waals surface area contributed by atoms with Gasteiger partial charge in [-0.1, -0.05) is 18.2 Å². The number of aliphatic imine (C=N–C) groups is 1. The number of carbonyl (C=O) groups is 1. The Balaban J connectivity index is 2.38. The van der Waals surface area contributed by atoms with Crippen LogP contribution >= 0.6 is 0 Å². The van der Waals surface area contributed by atoms with Crippen LogP contribution in [-0.4, -0.2) is 76.8 Å². The molecule has 29 heavy (non-hydrogen) atoms. The van der Waals surface area contributed by atoms with Crippen LogP contribution in [0.15, 0.2) is 35.3 Å². The Kier molecular flexibility index (Phi) is 12.5. The number of unbranched alkanes of at least 4 members (excludes halogenated alkanes) is 1. The molecule has 0 aliphatic rings. The van der Waals surface area contributed by atoms with E-state index in [2.05, 4.69) is 39.7 Å². The van der Waals surface area contributed by atoms with Crippen molar-refractivity contribution in [2.24, 2.45) is 4.99 Å². The van der Waals surface area contributed by atoms with Crippen molar-refractivity contribution in [1.29, 1.82) is 0 Å². The van der Waals surface area contributed by atoms with Gasteiger partial charge in [-0.25, -0.2) is 4.99 Å². The largest absolute Gasteiger partial charge is 0.379 e. The van der Waals surface area contributed by atoms with Gasteiger partial charge in [-0.05, 0) is 45.2 Å². The summed E-state index contributed by atoms with van der Waals surface area (Å²) >= 11 is 0. The van der Waals surface area contributed by atoms with Crippen LogP contribution in [0.2, 0.25) is 0 Å². The number of likely N-dealkylation sites (N-methyl/N-ethyl adjacent to an activating group) is 1. The van der Waals surface area contributed by atoms with Crippen molar-refractivity contribution in [3.8, 4) is 0 Å². The Bertz CT molecular complexity index is 590. The third-order valence-electron chi connectivity index (χ3n) is 4.35. The summed E-state index contributed by atoms with van der Waals surface area (Å²) in [6.45, 7) is 7.52. The fourth-order valence-corrected chi connectivity index (χ4v) is 2.55. The summed E-state index contributed by atoms with van der Waals surface area (Å²) in [6, 6.07) is 10.3. The maximum Gasteiger partial charge on any atom is 0.243 e. The molecule has 0 atom stereocenters. The number of amides is 1. The van der Waals surface area contributed by atoms with E-state index in [-0.39, 0.29) is 18.6 Å². The van der Waals surface area contributed by atoms with Crippen molar-refractivity contribution in [2.45, 2.75) is 39.2 Å². The molecule has 0 radical (unpaired) electrons. The number of anilines is 1. The third kappa shape index (κ3) is 12.0. The highest BCUT2D eigenvalue weighted by Gasteiger charge is 2.05. The van der Waals surface area contributed by atoms with Gasteiger partial charge in [0.25, 0.3) is 0 Å². The van der Waals surface area contributed by atoms with Crippen molar-refractivity contribution < 1.29 is 9.53 Å². The number of benzene rings is 1. The summed E-state index contributed by atoms with van der Waals surface area (Å²) in [5.41, 5.74) is 1.21. The predicted octanol–water partition coefficient (Wildman–Crippen LogP) is 2.34. The molecule has 1 rings (SSSR count). The van der Waals surface area contributed by atoms with Crippen LogP contribution in [-0.2, 0) is 9.53 Å². The Morgan fingerprint density at radius 2 is 1.69 bits per heavy atom. The number of carbonyl (C=O) groups excluding carboxylic acids is 1. The monoisotopic (exact) mass is 405 g/mol. The van der Waals surface area contributed by atoms with Crippen LogP contribution in [0.25, 0.3) is 0 Å². The van der Waals surface area contributed by atoms with Gasteiger partial charge in [0.1, 0.15) is 6.54 Å². The molecule has 0 aromatic heterocycles. The van der Waals surface area contributed by atoms with Gasteiger partial charge in [0.15, 0.2) is 5.96 Å². The molecule has 0 saturated carbocycles. The zero-order valence-corrected chi connectivity index (χ0v) is 18.8. The van der Waals surface area contributed by atoms with Crippen LogP contribution in [0.4, 0.5) is 5.69 Å². The minimum atomic E-state index is -0.0137. The Morgan fingerprint density at radius 3 is 2.31 bits per heavy atom. The molecule has 7 heteroatoms. The van der Waals surface area contributed by atoms with E-state index in [4.69, 9.17) is 4.74 Å². The number of para-hydroxylation sites is 1. The normalized spacial score (nSPS) is 11.4. The number of hydrogen-bond acceptors (Lipinski definition) is 4. The molecule has 0 spiro atoms.